The first-order chi connectivity index (χ1) is 10.8. The van der Waals surface area contributed by atoms with Gasteiger partial charge in [0.25, 0.3) is 0 Å². The average molecular weight is 306 g/mol. The summed E-state index contributed by atoms with van der Waals surface area (Å²) in [5, 5.41) is 6.15. The van der Waals surface area contributed by atoms with Crippen LogP contribution in [0.4, 0.5) is 0 Å². The smallest absolute Gasteiger partial charge is 0.144 e. The molecule has 0 atom stereocenters. The van der Waals surface area contributed by atoms with E-state index < -0.39 is 0 Å². The van der Waals surface area contributed by atoms with E-state index in [2.05, 4.69) is 39.6 Å². The molecule has 4 rings (SSSR count). The number of nitrogens with zero attached hydrogens (tertiary/aromatic N) is 1. The maximum Gasteiger partial charge on any atom is 0.144 e. The summed E-state index contributed by atoms with van der Waals surface area (Å²) in [7, 11) is 1.69. The molecule has 0 amide bonds. The van der Waals surface area contributed by atoms with E-state index in [1.165, 1.54) is 4.88 Å². The fourth-order valence-corrected chi connectivity index (χ4v) is 3.20. The number of rotatable bonds is 2. The Balaban J connectivity index is 1.94. The van der Waals surface area contributed by atoms with Crippen LogP contribution < -0.4 is 26.0 Å². The van der Waals surface area contributed by atoms with Crippen molar-refractivity contribution in [2.75, 3.05) is 7.11 Å². The van der Waals surface area contributed by atoms with Gasteiger partial charge in [0.15, 0.2) is 0 Å². The number of fused-ring (bicyclic) bond motifs is 1. The number of H-pyrrole nitrogens is 1. The van der Waals surface area contributed by atoms with Gasteiger partial charge in [-0.25, -0.2) is 4.99 Å². The number of hydrogen-bond acceptors (Lipinski definition) is 3. The molecule has 0 fully saturated rings. The molecule has 0 unspecified atom stereocenters. The molecule has 1 N–H and O–H groups in total. The third-order valence-electron chi connectivity index (χ3n) is 3.61. The molecule has 0 aliphatic carbocycles. The number of thiophene rings is 1. The highest BCUT2D eigenvalue weighted by molar-refractivity contribution is 7.10. The van der Waals surface area contributed by atoms with Crippen LogP contribution in [0.3, 0.4) is 0 Å². The number of ether oxygens (including phenoxy) is 1. The van der Waals surface area contributed by atoms with Crippen molar-refractivity contribution in [2.24, 2.45) is 4.99 Å². The highest BCUT2D eigenvalue weighted by Crippen LogP contribution is 2.10. The van der Waals surface area contributed by atoms with Crippen LogP contribution in [0.1, 0.15) is 4.88 Å². The van der Waals surface area contributed by atoms with E-state index in [9.17, 15) is 0 Å². The first-order valence-electron chi connectivity index (χ1n) is 7.01. The van der Waals surface area contributed by atoms with Crippen LogP contribution in [0, 0.1) is 0 Å². The maximum absolute atomic E-state index is 5.48. The maximum atomic E-state index is 5.48. The molecule has 1 aliphatic heterocycles. The van der Waals surface area contributed by atoms with Gasteiger partial charge in [-0.05, 0) is 29.7 Å². The Hall–Kier alpha value is -2.59. The monoisotopic (exact) mass is 306 g/mol. The van der Waals surface area contributed by atoms with E-state index in [-0.39, 0.29) is 0 Å². The highest BCUT2D eigenvalue weighted by Gasteiger charge is 2.05. The van der Waals surface area contributed by atoms with Crippen LogP contribution in [-0.2, 0) is 0 Å². The minimum absolute atomic E-state index is 0.829. The molecular formula is C18H14N2OS. The zero-order valence-electron chi connectivity index (χ0n) is 12.0. The van der Waals surface area contributed by atoms with Gasteiger partial charge in [-0.1, -0.05) is 24.3 Å². The number of hydrogen-bond donors (Lipinski definition) is 1. The molecule has 0 saturated heterocycles. The molecule has 1 aliphatic rings. The molecule has 1 aromatic carbocycles. The van der Waals surface area contributed by atoms with E-state index in [0.717, 1.165) is 32.7 Å². The summed E-state index contributed by atoms with van der Waals surface area (Å²) in [6.45, 7) is 0. The Kier molecular flexibility index (Phi) is 3.16. The molecule has 3 heterocycles. The van der Waals surface area contributed by atoms with Gasteiger partial charge in [0.05, 0.1) is 28.9 Å². The molecule has 2 aromatic heterocycles. The Morgan fingerprint density at radius 1 is 1.18 bits per heavy atom. The number of benzene rings is 1. The quantitative estimate of drug-likeness (QED) is 0.757. The third kappa shape index (κ3) is 2.27. The van der Waals surface area contributed by atoms with Crippen LogP contribution in [-0.4, -0.2) is 12.1 Å². The van der Waals surface area contributed by atoms with Crippen LogP contribution in [0.5, 0.6) is 5.75 Å². The lowest BCUT2D eigenvalue weighted by Gasteiger charge is -1.91. The molecule has 4 heteroatoms. The summed E-state index contributed by atoms with van der Waals surface area (Å²) < 4.78 is 5.48. The van der Waals surface area contributed by atoms with Crippen molar-refractivity contribution in [1.29, 1.82) is 0 Å². The van der Waals surface area contributed by atoms with Crippen molar-refractivity contribution in [3.63, 3.8) is 0 Å². The van der Waals surface area contributed by atoms with Gasteiger partial charge in [0.1, 0.15) is 5.75 Å². The van der Waals surface area contributed by atoms with Crippen LogP contribution >= 0.6 is 11.3 Å². The van der Waals surface area contributed by atoms with Gasteiger partial charge < -0.3 is 9.72 Å². The first kappa shape index (κ1) is 13.1. The Bertz CT molecular complexity index is 1020. The number of para-hydroxylation sites is 1. The van der Waals surface area contributed by atoms with E-state index in [1.54, 1.807) is 18.4 Å². The summed E-state index contributed by atoms with van der Waals surface area (Å²) >= 11 is 1.70. The third-order valence-corrected chi connectivity index (χ3v) is 4.43. The van der Waals surface area contributed by atoms with Gasteiger partial charge in [0.2, 0.25) is 0 Å². The zero-order valence-corrected chi connectivity index (χ0v) is 12.9. The summed E-state index contributed by atoms with van der Waals surface area (Å²) in [5.74, 6) is 0.829. The molecule has 0 radical (unpaired) electrons. The lowest BCUT2D eigenvalue weighted by molar-refractivity contribution is 0.412. The number of aromatic nitrogens is 1. The topological polar surface area (TPSA) is 37.4 Å². The van der Waals surface area contributed by atoms with Gasteiger partial charge in [-0.15, -0.1) is 11.3 Å². The lowest BCUT2D eigenvalue weighted by atomic mass is 10.3. The predicted octanol–water partition coefficient (Wildman–Crippen LogP) is 1.14. The second-order valence-corrected chi connectivity index (χ2v) is 6.00. The number of nitrogens with one attached hydrogen (secondary N) is 1. The van der Waals surface area contributed by atoms with Gasteiger partial charge >= 0.3 is 0 Å². The minimum atomic E-state index is 0.829. The summed E-state index contributed by atoms with van der Waals surface area (Å²) in [5.41, 5.74) is 0.935. The molecular weight excluding hydrogens is 292 g/mol. The van der Waals surface area contributed by atoms with Crippen molar-refractivity contribution in [3.05, 3.63) is 74.0 Å². The molecule has 0 spiro atoms. The van der Waals surface area contributed by atoms with E-state index in [1.807, 2.05) is 30.3 Å². The van der Waals surface area contributed by atoms with Crippen LogP contribution in [0.25, 0.3) is 17.8 Å². The van der Waals surface area contributed by atoms with Crippen molar-refractivity contribution < 1.29 is 4.74 Å². The summed E-state index contributed by atoms with van der Waals surface area (Å²) in [4.78, 5) is 9.27. The molecule has 0 saturated carbocycles. The van der Waals surface area contributed by atoms with Crippen LogP contribution in [0.2, 0.25) is 0 Å². The molecule has 3 aromatic rings. The fraction of sp³-hybridized carbons (Fsp3) is 0.0556. The first-order valence-corrected chi connectivity index (χ1v) is 7.89. The standard InChI is InChI=1S/C18H14N2OS/c1-21-18-11-16(20-17(18)10-13-6-4-8-22-13)15-9-12-5-2-3-7-14(12)19-15/h2-11,20H,1H3/b16-15-,17-10-. The Labute approximate surface area is 131 Å². The number of methoxy groups -OCH3 is 1. The van der Waals surface area contributed by atoms with Gasteiger partial charge in [0, 0.05) is 16.2 Å². The lowest BCUT2D eigenvalue weighted by Crippen LogP contribution is -2.19. The van der Waals surface area contributed by atoms with Crippen molar-refractivity contribution in [3.8, 4) is 5.75 Å². The normalized spacial score (nSPS) is 16.1. The molecule has 22 heavy (non-hydrogen) atoms. The largest absolute Gasteiger partial charge is 0.494 e. The summed E-state index contributed by atoms with van der Waals surface area (Å²) in [6, 6.07) is 14.3. The van der Waals surface area contributed by atoms with E-state index >= 15 is 0 Å². The Morgan fingerprint density at radius 3 is 2.86 bits per heavy atom. The predicted molar refractivity (Wildman–Crippen MR) is 89.6 cm³/mol. The van der Waals surface area contributed by atoms with Crippen LogP contribution in [0.15, 0.2) is 52.8 Å². The second kappa shape index (κ2) is 5.31. The van der Waals surface area contributed by atoms with Crippen molar-refractivity contribution >= 4 is 29.2 Å². The average Bonchev–Trinajstić information content (AvgIpc) is 3.26. The molecule has 108 valence electrons. The van der Waals surface area contributed by atoms with E-state index in [4.69, 9.17) is 4.74 Å². The summed E-state index contributed by atoms with van der Waals surface area (Å²) in [6.07, 6.45) is 4.19. The molecule has 3 nitrogen and oxygen atoms in total. The molecule has 0 bridgehead atoms. The minimum Gasteiger partial charge on any atom is -0.494 e. The second-order valence-electron chi connectivity index (χ2n) is 5.03. The van der Waals surface area contributed by atoms with Gasteiger partial charge in [-0.2, -0.15) is 0 Å². The van der Waals surface area contributed by atoms with Crippen molar-refractivity contribution in [1.82, 2.24) is 4.98 Å². The zero-order chi connectivity index (χ0) is 14.9. The highest BCUT2D eigenvalue weighted by atomic mass is 32.1. The van der Waals surface area contributed by atoms with Crippen molar-refractivity contribution in [2.45, 2.75) is 0 Å². The van der Waals surface area contributed by atoms with Gasteiger partial charge in [-0.3, -0.25) is 0 Å². The van der Waals surface area contributed by atoms with E-state index in [0.29, 0.717) is 0 Å². The number of aromatic amines is 1. The SMILES string of the molecule is COc1c/c(=C2\C=c3ccccc3=N2)[nH]/c1=C\c1cccs1. The Morgan fingerprint density at radius 2 is 2.09 bits per heavy atom. The fourth-order valence-electron chi connectivity index (χ4n) is 2.54.